The van der Waals surface area contributed by atoms with Crippen LogP contribution in [0.4, 0.5) is 0 Å². The van der Waals surface area contributed by atoms with Gasteiger partial charge in [0, 0.05) is 17.3 Å². The molecule has 3 nitrogen and oxygen atoms in total. The predicted molar refractivity (Wildman–Crippen MR) is 75.2 cm³/mol. The zero-order valence-corrected chi connectivity index (χ0v) is 12.7. The van der Waals surface area contributed by atoms with E-state index in [1.54, 1.807) is 0 Å². The van der Waals surface area contributed by atoms with Crippen LogP contribution in [0, 0.1) is 0 Å². The first-order chi connectivity index (χ1) is 7.88. The lowest BCUT2D eigenvalue weighted by Crippen LogP contribution is -2.17. The second-order valence-corrected chi connectivity index (χ2v) is 7.43. The summed E-state index contributed by atoms with van der Waals surface area (Å²) in [6.07, 6.45) is 1.88. The molecule has 6 heteroatoms. The summed E-state index contributed by atoms with van der Waals surface area (Å²) < 4.78 is 22.7. The Kier molecular flexibility index (Phi) is 5.92. The second kappa shape index (κ2) is 6.73. The van der Waals surface area contributed by atoms with Gasteiger partial charge < -0.3 is 5.32 Å². The molecule has 0 amide bonds. The van der Waals surface area contributed by atoms with E-state index < -0.39 is 9.84 Å². The minimum absolute atomic E-state index is 0.223. The largest absolute Gasteiger partial charge is 0.313 e. The van der Waals surface area contributed by atoms with Gasteiger partial charge in [-0.2, -0.15) is 0 Å². The van der Waals surface area contributed by atoms with Crippen LogP contribution in [0.1, 0.15) is 12.0 Å². The summed E-state index contributed by atoms with van der Waals surface area (Å²) in [6.45, 7) is 1.37. The predicted octanol–water partition coefficient (Wildman–Crippen LogP) is 2.63. The average molecular weight is 341 g/mol. The Morgan fingerprint density at radius 1 is 1.41 bits per heavy atom. The molecule has 1 aromatic carbocycles. The topological polar surface area (TPSA) is 46.2 Å². The Labute approximate surface area is 116 Å². The van der Waals surface area contributed by atoms with Crippen molar-refractivity contribution in [2.24, 2.45) is 0 Å². The first-order valence-electron chi connectivity index (χ1n) is 5.21. The summed E-state index contributed by atoms with van der Waals surface area (Å²) in [5, 5.41) is 3.86. The van der Waals surface area contributed by atoms with Crippen LogP contribution in [0.25, 0.3) is 0 Å². The number of hydrogen-bond donors (Lipinski definition) is 1. The second-order valence-electron chi connectivity index (χ2n) is 3.91. The van der Waals surface area contributed by atoms with Gasteiger partial charge in [-0.25, -0.2) is 8.42 Å². The Morgan fingerprint density at radius 2 is 2.12 bits per heavy atom. The Bertz CT molecular complexity index is 476. The summed E-state index contributed by atoms with van der Waals surface area (Å²) in [4.78, 5) is 0. The lowest BCUT2D eigenvalue weighted by atomic mass is 10.2. The van der Waals surface area contributed by atoms with Gasteiger partial charge in [0.15, 0.2) is 0 Å². The molecule has 0 spiro atoms. The van der Waals surface area contributed by atoms with Crippen LogP contribution >= 0.6 is 27.5 Å². The van der Waals surface area contributed by atoms with Gasteiger partial charge in [0.25, 0.3) is 0 Å². The number of halogens is 2. The maximum atomic E-state index is 10.9. The first-order valence-corrected chi connectivity index (χ1v) is 8.44. The van der Waals surface area contributed by atoms with Gasteiger partial charge in [0.05, 0.1) is 10.8 Å². The zero-order chi connectivity index (χ0) is 12.9. The summed E-state index contributed by atoms with van der Waals surface area (Å²) >= 11 is 9.28. The minimum atomic E-state index is -2.85. The fourth-order valence-electron chi connectivity index (χ4n) is 1.34. The molecule has 0 radical (unpaired) electrons. The molecule has 96 valence electrons. The lowest BCUT2D eigenvalue weighted by molar-refractivity contribution is 0.594. The summed E-state index contributed by atoms with van der Waals surface area (Å²) in [6, 6.07) is 5.75. The molecule has 1 N–H and O–H groups in total. The fourth-order valence-corrected chi connectivity index (χ4v) is 2.46. The van der Waals surface area contributed by atoms with E-state index in [-0.39, 0.29) is 5.75 Å². The monoisotopic (exact) mass is 339 g/mol. The molecule has 1 aromatic rings. The summed E-state index contributed by atoms with van der Waals surface area (Å²) in [7, 11) is -2.85. The van der Waals surface area contributed by atoms with Crippen LogP contribution in [0.5, 0.6) is 0 Å². The number of rotatable bonds is 6. The van der Waals surface area contributed by atoms with Gasteiger partial charge in [-0.1, -0.05) is 17.7 Å². The van der Waals surface area contributed by atoms with Crippen molar-refractivity contribution in [1.82, 2.24) is 5.32 Å². The minimum Gasteiger partial charge on any atom is -0.313 e. The molecule has 0 aliphatic rings. The van der Waals surface area contributed by atoms with E-state index in [9.17, 15) is 8.42 Å². The normalized spacial score (nSPS) is 11.7. The molecule has 0 aromatic heterocycles. The Balaban J connectivity index is 2.29. The van der Waals surface area contributed by atoms with E-state index in [1.165, 1.54) is 6.26 Å². The quantitative estimate of drug-likeness (QED) is 0.810. The van der Waals surface area contributed by atoms with Gasteiger partial charge in [0.2, 0.25) is 0 Å². The van der Waals surface area contributed by atoms with Crippen LogP contribution in [0.3, 0.4) is 0 Å². The summed E-state index contributed by atoms with van der Waals surface area (Å²) in [5.41, 5.74) is 1.08. The van der Waals surface area contributed by atoms with Crippen molar-refractivity contribution in [3.8, 4) is 0 Å². The van der Waals surface area contributed by atoms with Gasteiger partial charge in [-0.3, -0.25) is 0 Å². The third-order valence-corrected chi connectivity index (χ3v) is 4.44. The number of sulfone groups is 1. The van der Waals surface area contributed by atoms with Gasteiger partial charge in [-0.05, 0) is 46.6 Å². The summed E-state index contributed by atoms with van der Waals surface area (Å²) in [5.74, 6) is 0.223. The highest BCUT2D eigenvalue weighted by Crippen LogP contribution is 2.22. The van der Waals surface area contributed by atoms with Crippen molar-refractivity contribution in [1.29, 1.82) is 0 Å². The van der Waals surface area contributed by atoms with Crippen LogP contribution in [-0.4, -0.2) is 27.0 Å². The molecule has 0 aliphatic heterocycles. The van der Waals surface area contributed by atoms with Crippen molar-refractivity contribution in [3.63, 3.8) is 0 Å². The molecule has 0 unspecified atom stereocenters. The van der Waals surface area contributed by atoms with Crippen LogP contribution < -0.4 is 5.32 Å². The molecular formula is C11H15BrClNO2S. The Hall–Kier alpha value is -0.100. The SMILES string of the molecule is CS(=O)(=O)CCCNCc1ccc(Br)c(Cl)c1. The van der Waals surface area contributed by atoms with Gasteiger partial charge >= 0.3 is 0 Å². The Morgan fingerprint density at radius 3 is 2.71 bits per heavy atom. The molecule has 17 heavy (non-hydrogen) atoms. The molecule has 0 saturated carbocycles. The molecule has 0 heterocycles. The number of nitrogens with one attached hydrogen (secondary N) is 1. The fraction of sp³-hybridized carbons (Fsp3) is 0.455. The third kappa shape index (κ3) is 6.41. The van der Waals surface area contributed by atoms with E-state index in [2.05, 4.69) is 21.2 Å². The smallest absolute Gasteiger partial charge is 0.147 e. The molecule has 0 atom stereocenters. The zero-order valence-electron chi connectivity index (χ0n) is 9.54. The van der Waals surface area contributed by atoms with Crippen molar-refractivity contribution < 1.29 is 8.42 Å². The van der Waals surface area contributed by atoms with Crippen molar-refractivity contribution in [2.75, 3.05) is 18.6 Å². The number of benzene rings is 1. The van der Waals surface area contributed by atoms with Gasteiger partial charge in [-0.15, -0.1) is 0 Å². The van der Waals surface area contributed by atoms with Crippen LogP contribution in [0.15, 0.2) is 22.7 Å². The van der Waals surface area contributed by atoms with E-state index in [0.29, 0.717) is 24.5 Å². The molecule has 1 rings (SSSR count). The maximum Gasteiger partial charge on any atom is 0.147 e. The van der Waals surface area contributed by atoms with Gasteiger partial charge in [0.1, 0.15) is 9.84 Å². The van der Waals surface area contributed by atoms with Crippen molar-refractivity contribution >= 4 is 37.4 Å². The van der Waals surface area contributed by atoms with E-state index >= 15 is 0 Å². The van der Waals surface area contributed by atoms with Crippen LogP contribution in [0.2, 0.25) is 5.02 Å². The highest BCUT2D eigenvalue weighted by molar-refractivity contribution is 9.10. The highest BCUT2D eigenvalue weighted by Gasteiger charge is 2.01. The highest BCUT2D eigenvalue weighted by atomic mass is 79.9. The van der Waals surface area contributed by atoms with E-state index in [4.69, 9.17) is 11.6 Å². The maximum absolute atomic E-state index is 10.9. The third-order valence-electron chi connectivity index (χ3n) is 2.18. The molecule has 0 bridgehead atoms. The van der Waals surface area contributed by atoms with Crippen molar-refractivity contribution in [2.45, 2.75) is 13.0 Å². The number of hydrogen-bond acceptors (Lipinski definition) is 3. The molecule has 0 fully saturated rings. The van der Waals surface area contributed by atoms with E-state index in [1.807, 2.05) is 18.2 Å². The lowest BCUT2D eigenvalue weighted by Gasteiger charge is -2.05. The standard InChI is InChI=1S/C11H15BrClNO2S/c1-17(15,16)6-2-5-14-8-9-3-4-10(12)11(13)7-9/h3-4,7,14H,2,5-6,8H2,1H3. The van der Waals surface area contributed by atoms with Crippen molar-refractivity contribution in [3.05, 3.63) is 33.3 Å². The molecule has 0 saturated heterocycles. The first kappa shape index (κ1) is 15.0. The molecule has 0 aliphatic carbocycles. The van der Waals surface area contributed by atoms with E-state index in [0.717, 1.165) is 10.0 Å². The van der Waals surface area contributed by atoms with Crippen LogP contribution in [-0.2, 0) is 16.4 Å². The average Bonchev–Trinajstić information content (AvgIpc) is 2.21. The molecular weight excluding hydrogens is 326 g/mol.